The molecule has 1 nitrogen and oxygen atoms in total. The molecule has 1 aliphatic carbocycles. The number of benzene rings is 2. The van der Waals surface area contributed by atoms with Gasteiger partial charge in [0.15, 0.2) is 0 Å². The summed E-state index contributed by atoms with van der Waals surface area (Å²) in [5.74, 6) is 0.518. The predicted molar refractivity (Wildman–Crippen MR) is 94.9 cm³/mol. The number of rotatable bonds is 3. The van der Waals surface area contributed by atoms with Gasteiger partial charge in [-0.25, -0.2) is 0 Å². The molecule has 3 rings (SSSR count). The standard InChI is InChI=1S/C21H27N/c1-16(2)19-12-11-18(21(22)13-7-4-8-14-21)15-20(19)17-9-5-3-6-10-17/h3,5-6,9-12,15-16H,4,7-8,13-14,22H2,1-2H3. The zero-order valence-electron chi connectivity index (χ0n) is 13.8. The summed E-state index contributed by atoms with van der Waals surface area (Å²) >= 11 is 0. The third-order valence-electron chi connectivity index (χ3n) is 5.08. The van der Waals surface area contributed by atoms with Crippen molar-refractivity contribution in [1.82, 2.24) is 0 Å². The fourth-order valence-corrected chi connectivity index (χ4v) is 3.71. The SMILES string of the molecule is CC(C)c1ccc(C2(N)CCCCC2)cc1-c1ccccc1. The first-order valence-electron chi connectivity index (χ1n) is 8.59. The minimum absolute atomic E-state index is 0.128. The summed E-state index contributed by atoms with van der Waals surface area (Å²) in [4.78, 5) is 0. The summed E-state index contributed by atoms with van der Waals surface area (Å²) in [5, 5.41) is 0. The molecule has 116 valence electrons. The number of hydrogen-bond acceptors (Lipinski definition) is 1. The van der Waals surface area contributed by atoms with E-state index in [1.54, 1.807) is 0 Å². The Balaban J connectivity index is 2.08. The fraction of sp³-hybridized carbons (Fsp3) is 0.429. The Bertz CT molecular complexity index is 622. The van der Waals surface area contributed by atoms with E-state index in [0.717, 1.165) is 12.8 Å². The van der Waals surface area contributed by atoms with Gasteiger partial charge in [0.1, 0.15) is 0 Å². The molecule has 22 heavy (non-hydrogen) atoms. The van der Waals surface area contributed by atoms with E-state index in [1.165, 1.54) is 41.5 Å². The molecule has 1 heteroatoms. The van der Waals surface area contributed by atoms with E-state index in [1.807, 2.05) is 0 Å². The third kappa shape index (κ3) is 2.96. The van der Waals surface area contributed by atoms with Crippen molar-refractivity contribution in [2.45, 2.75) is 57.4 Å². The van der Waals surface area contributed by atoms with Crippen LogP contribution in [0.15, 0.2) is 48.5 Å². The molecule has 0 saturated heterocycles. The van der Waals surface area contributed by atoms with Gasteiger partial charge in [0.2, 0.25) is 0 Å². The molecule has 1 saturated carbocycles. The Hall–Kier alpha value is -1.60. The maximum atomic E-state index is 6.75. The summed E-state index contributed by atoms with van der Waals surface area (Å²) in [6, 6.07) is 17.6. The van der Waals surface area contributed by atoms with Gasteiger partial charge in [-0.2, -0.15) is 0 Å². The van der Waals surface area contributed by atoms with E-state index in [4.69, 9.17) is 5.73 Å². The Morgan fingerprint density at radius 2 is 1.59 bits per heavy atom. The van der Waals surface area contributed by atoms with E-state index in [-0.39, 0.29) is 5.54 Å². The third-order valence-corrected chi connectivity index (χ3v) is 5.08. The molecule has 0 heterocycles. The minimum Gasteiger partial charge on any atom is -0.321 e. The van der Waals surface area contributed by atoms with Crippen molar-refractivity contribution in [3.05, 3.63) is 59.7 Å². The van der Waals surface area contributed by atoms with E-state index >= 15 is 0 Å². The Morgan fingerprint density at radius 3 is 2.23 bits per heavy atom. The largest absolute Gasteiger partial charge is 0.321 e. The molecule has 0 aromatic heterocycles. The lowest BCUT2D eigenvalue weighted by atomic mass is 9.76. The molecule has 1 fully saturated rings. The van der Waals surface area contributed by atoms with Crippen molar-refractivity contribution < 1.29 is 0 Å². The van der Waals surface area contributed by atoms with Gasteiger partial charge in [0.05, 0.1) is 0 Å². The van der Waals surface area contributed by atoms with Crippen molar-refractivity contribution in [1.29, 1.82) is 0 Å². The van der Waals surface area contributed by atoms with Crippen molar-refractivity contribution in [2.24, 2.45) is 5.73 Å². The first kappa shape index (κ1) is 15.3. The van der Waals surface area contributed by atoms with Crippen molar-refractivity contribution >= 4 is 0 Å². The van der Waals surface area contributed by atoms with E-state index in [0.29, 0.717) is 5.92 Å². The fourth-order valence-electron chi connectivity index (χ4n) is 3.71. The Kier molecular flexibility index (Phi) is 4.35. The number of hydrogen-bond donors (Lipinski definition) is 1. The lowest BCUT2D eigenvalue weighted by Crippen LogP contribution is -2.38. The molecule has 0 aliphatic heterocycles. The van der Waals surface area contributed by atoms with Gasteiger partial charge < -0.3 is 5.73 Å². The average Bonchev–Trinajstić information content (AvgIpc) is 2.56. The second kappa shape index (κ2) is 6.26. The smallest absolute Gasteiger partial charge is 0.0409 e. The highest BCUT2D eigenvalue weighted by molar-refractivity contribution is 5.69. The average molecular weight is 293 g/mol. The second-order valence-electron chi connectivity index (χ2n) is 7.04. The van der Waals surface area contributed by atoms with Crippen LogP contribution in [0.3, 0.4) is 0 Å². The minimum atomic E-state index is -0.128. The summed E-state index contributed by atoms with van der Waals surface area (Å²) in [6.07, 6.45) is 6.06. The topological polar surface area (TPSA) is 26.0 Å². The van der Waals surface area contributed by atoms with Crippen LogP contribution < -0.4 is 5.73 Å². The van der Waals surface area contributed by atoms with Gasteiger partial charge in [-0.1, -0.05) is 75.6 Å². The van der Waals surface area contributed by atoms with Crippen molar-refractivity contribution in [2.75, 3.05) is 0 Å². The van der Waals surface area contributed by atoms with Crippen LogP contribution in [0.5, 0.6) is 0 Å². The van der Waals surface area contributed by atoms with Crippen LogP contribution >= 0.6 is 0 Å². The zero-order chi connectivity index (χ0) is 15.6. The zero-order valence-corrected chi connectivity index (χ0v) is 13.8. The Morgan fingerprint density at radius 1 is 0.909 bits per heavy atom. The molecular weight excluding hydrogens is 266 g/mol. The summed E-state index contributed by atoms with van der Waals surface area (Å²) in [6.45, 7) is 4.53. The van der Waals surface area contributed by atoms with Gasteiger partial charge in [0, 0.05) is 5.54 Å². The van der Waals surface area contributed by atoms with Gasteiger partial charge >= 0.3 is 0 Å². The first-order valence-corrected chi connectivity index (χ1v) is 8.59. The van der Waals surface area contributed by atoms with E-state index in [9.17, 15) is 0 Å². The molecule has 0 radical (unpaired) electrons. The van der Waals surface area contributed by atoms with Crippen LogP contribution in [0, 0.1) is 0 Å². The molecule has 2 N–H and O–H groups in total. The van der Waals surface area contributed by atoms with Gasteiger partial charge in [-0.15, -0.1) is 0 Å². The van der Waals surface area contributed by atoms with E-state index in [2.05, 4.69) is 62.4 Å². The van der Waals surface area contributed by atoms with Gasteiger partial charge in [0.25, 0.3) is 0 Å². The van der Waals surface area contributed by atoms with Crippen LogP contribution in [0.4, 0.5) is 0 Å². The van der Waals surface area contributed by atoms with E-state index < -0.39 is 0 Å². The van der Waals surface area contributed by atoms with Crippen molar-refractivity contribution in [3.8, 4) is 11.1 Å². The Labute approximate surface area is 134 Å². The molecule has 1 aliphatic rings. The highest BCUT2D eigenvalue weighted by atomic mass is 14.7. The molecule has 0 unspecified atom stereocenters. The highest BCUT2D eigenvalue weighted by Gasteiger charge is 2.30. The van der Waals surface area contributed by atoms with Crippen molar-refractivity contribution in [3.63, 3.8) is 0 Å². The molecular formula is C21H27N. The normalized spacial score (nSPS) is 17.6. The maximum Gasteiger partial charge on any atom is 0.0409 e. The molecule has 0 spiro atoms. The van der Waals surface area contributed by atoms with Gasteiger partial charge in [-0.05, 0) is 47.1 Å². The molecule has 2 aromatic rings. The van der Waals surface area contributed by atoms with Crippen LogP contribution in [-0.4, -0.2) is 0 Å². The lowest BCUT2D eigenvalue weighted by molar-refractivity contribution is 0.302. The molecule has 0 bridgehead atoms. The highest BCUT2D eigenvalue weighted by Crippen LogP contribution is 2.38. The molecule has 0 atom stereocenters. The maximum absolute atomic E-state index is 6.75. The summed E-state index contributed by atoms with van der Waals surface area (Å²) < 4.78 is 0. The molecule has 2 aromatic carbocycles. The quantitative estimate of drug-likeness (QED) is 0.783. The monoisotopic (exact) mass is 293 g/mol. The summed E-state index contributed by atoms with van der Waals surface area (Å²) in [7, 11) is 0. The van der Waals surface area contributed by atoms with Crippen LogP contribution in [-0.2, 0) is 5.54 Å². The van der Waals surface area contributed by atoms with Crippen LogP contribution in [0.1, 0.15) is 63.0 Å². The molecule has 0 amide bonds. The lowest BCUT2D eigenvalue weighted by Gasteiger charge is -2.34. The second-order valence-corrected chi connectivity index (χ2v) is 7.04. The number of nitrogens with two attached hydrogens (primary N) is 1. The van der Waals surface area contributed by atoms with Crippen LogP contribution in [0.25, 0.3) is 11.1 Å². The van der Waals surface area contributed by atoms with Crippen LogP contribution in [0.2, 0.25) is 0 Å². The predicted octanol–water partition coefficient (Wildman–Crippen LogP) is 5.60. The summed E-state index contributed by atoms with van der Waals surface area (Å²) in [5.41, 5.74) is 12.0. The first-order chi connectivity index (χ1) is 10.6. The van der Waals surface area contributed by atoms with Gasteiger partial charge in [-0.3, -0.25) is 0 Å².